The molecule has 2 heterocycles. The topological polar surface area (TPSA) is 69.6 Å². The van der Waals surface area contributed by atoms with Crippen LogP contribution in [0.15, 0.2) is 36.5 Å². The summed E-state index contributed by atoms with van der Waals surface area (Å²) in [6.07, 6.45) is 2.60. The SMILES string of the molecule is Cc1cccc(N)c1COc1cccn2c(C=O)c(C)nc12. The van der Waals surface area contributed by atoms with Gasteiger partial charge in [0.15, 0.2) is 17.7 Å². The number of hydrogen-bond acceptors (Lipinski definition) is 4. The van der Waals surface area contributed by atoms with Crippen LogP contribution in [0.1, 0.15) is 27.3 Å². The highest BCUT2D eigenvalue weighted by atomic mass is 16.5. The Morgan fingerprint density at radius 1 is 1.27 bits per heavy atom. The number of carbonyl (C=O) groups is 1. The molecule has 2 N–H and O–H groups in total. The van der Waals surface area contributed by atoms with E-state index in [0.29, 0.717) is 35.1 Å². The zero-order valence-corrected chi connectivity index (χ0v) is 12.5. The fraction of sp³-hybridized carbons (Fsp3) is 0.176. The molecule has 22 heavy (non-hydrogen) atoms. The van der Waals surface area contributed by atoms with Crippen molar-refractivity contribution >= 4 is 17.6 Å². The average molecular weight is 295 g/mol. The number of carbonyl (C=O) groups excluding carboxylic acids is 1. The Morgan fingerprint density at radius 3 is 2.82 bits per heavy atom. The lowest BCUT2D eigenvalue weighted by Crippen LogP contribution is -2.03. The van der Waals surface area contributed by atoms with Gasteiger partial charge in [0.2, 0.25) is 0 Å². The second-order valence-electron chi connectivity index (χ2n) is 5.20. The number of nitrogens with zero attached hydrogens (tertiary/aromatic N) is 2. The van der Waals surface area contributed by atoms with Gasteiger partial charge in [-0.3, -0.25) is 9.20 Å². The molecule has 5 nitrogen and oxygen atoms in total. The van der Waals surface area contributed by atoms with Gasteiger partial charge in [0.25, 0.3) is 0 Å². The Balaban J connectivity index is 1.96. The number of ether oxygens (including phenoxy) is 1. The maximum absolute atomic E-state index is 11.2. The molecule has 0 saturated heterocycles. The van der Waals surface area contributed by atoms with Crippen molar-refractivity contribution in [2.24, 2.45) is 0 Å². The van der Waals surface area contributed by atoms with E-state index in [1.54, 1.807) is 17.5 Å². The first-order valence-electron chi connectivity index (χ1n) is 7.01. The minimum Gasteiger partial charge on any atom is -0.485 e. The molecule has 0 aliphatic rings. The molecule has 0 unspecified atom stereocenters. The molecular formula is C17H17N3O2. The molecule has 3 aromatic rings. The summed E-state index contributed by atoms with van der Waals surface area (Å²) in [7, 11) is 0. The first-order valence-corrected chi connectivity index (χ1v) is 7.01. The van der Waals surface area contributed by atoms with Gasteiger partial charge in [0.1, 0.15) is 12.3 Å². The van der Waals surface area contributed by atoms with Gasteiger partial charge in [-0.2, -0.15) is 0 Å². The monoisotopic (exact) mass is 295 g/mol. The summed E-state index contributed by atoms with van der Waals surface area (Å²) in [5.74, 6) is 0.626. The number of nitrogen functional groups attached to an aromatic ring is 1. The van der Waals surface area contributed by atoms with E-state index in [4.69, 9.17) is 10.5 Å². The number of aryl methyl sites for hydroxylation is 2. The van der Waals surface area contributed by atoms with E-state index >= 15 is 0 Å². The van der Waals surface area contributed by atoms with Crippen molar-refractivity contribution < 1.29 is 9.53 Å². The number of fused-ring (bicyclic) bond motifs is 1. The lowest BCUT2D eigenvalue weighted by Gasteiger charge is -2.11. The zero-order chi connectivity index (χ0) is 15.7. The lowest BCUT2D eigenvalue weighted by atomic mass is 10.1. The number of hydrogen-bond donors (Lipinski definition) is 1. The summed E-state index contributed by atoms with van der Waals surface area (Å²) < 4.78 is 7.64. The number of aromatic nitrogens is 2. The number of anilines is 1. The number of benzene rings is 1. The molecule has 0 aliphatic heterocycles. The molecule has 0 fully saturated rings. The van der Waals surface area contributed by atoms with E-state index in [2.05, 4.69) is 4.98 Å². The van der Waals surface area contributed by atoms with Crippen molar-refractivity contribution in [1.82, 2.24) is 9.38 Å². The molecule has 2 aromatic heterocycles. The smallest absolute Gasteiger partial charge is 0.180 e. The first kappa shape index (κ1) is 14.1. The Kier molecular flexibility index (Phi) is 3.55. The van der Waals surface area contributed by atoms with Gasteiger partial charge in [-0.05, 0) is 37.6 Å². The first-order chi connectivity index (χ1) is 10.6. The van der Waals surface area contributed by atoms with Crippen LogP contribution >= 0.6 is 0 Å². The van der Waals surface area contributed by atoms with Crippen LogP contribution in [-0.2, 0) is 6.61 Å². The number of imidazole rings is 1. The van der Waals surface area contributed by atoms with E-state index in [1.807, 2.05) is 37.3 Å². The Hall–Kier alpha value is -2.82. The number of nitrogens with two attached hydrogens (primary N) is 1. The highest BCUT2D eigenvalue weighted by Gasteiger charge is 2.12. The Bertz CT molecular complexity index is 832. The number of pyridine rings is 1. The zero-order valence-electron chi connectivity index (χ0n) is 12.5. The van der Waals surface area contributed by atoms with Gasteiger partial charge in [-0.25, -0.2) is 4.98 Å². The predicted molar refractivity (Wildman–Crippen MR) is 85.2 cm³/mol. The molecule has 3 rings (SSSR count). The molecule has 0 spiro atoms. The largest absolute Gasteiger partial charge is 0.485 e. The Labute approximate surface area is 128 Å². The summed E-state index contributed by atoms with van der Waals surface area (Å²) in [6.45, 7) is 4.17. The molecule has 1 aromatic carbocycles. The second kappa shape index (κ2) is 5.52. The van der Waals surface area contributed by atoms with E-state index < -0.39 is 0 Å². The van der Waals surface area contributed by atoms with Gasteiger partial charge in [-0.15, -0.1) is 0 Å². The van der Waals surface area contributed by atoms with Gasteiger partial charge >= 0.3 is 0 Å². The van der Waals surface area contributed by atoms with Crippen LogP contribution in [0.3, 0.4) is 0 Å². The van der Waals surface area contributed by atoms with Crippen molar-refractivity contribution in [2.45, 2.75) is 20.5 Å². The summed E-state index contributed by atoms with van der Waals surface area (Å²) in [5, 5.41) is 0. The van der Waals surface area contributed by atoms with Crippen molar-refractivity contribution in [2.75, 3.05) is 5.73 Å². The van der Waals surface area contributed by atoms with Crippen LogP contribution < -0.4 is 10.5 Å². The molecule has 5 heteroatoms. The average Bonchev–Trinajstić information content (AvgIpc) is 2.82. The van der Waals surface area contributed by atoms with E-state index in [-0.39, 0.29) is 0 Å². The van der Waals surface area contributed by atoms with Crippen molar-refractivity contribution in [3.63, 3.8) is 0 Å². The summed E-state index contributed by atoms with van der Waals surface area (Å²) in [5.41, 5.74) is 10.6. The van der Waals surface area contributed by atoms with Crippen LogP contribution in [0.4, 0.5) is 5.69 Å². The van der Waals surface area contributed by atoms with Crippen LogP contribution in [0.2, 0.25) is 0 Å². The summed E-state index contributed by atoms with van der Waals surface area (Å²) in [4.78, 5) is 15.6. The molecule has 0 bridgehead atoms. The van der Waals surface area contributed by atoms with Gasteiger partial charge in [0.05, 0.1) is 5.69 Å². The van der Waals surface area contributed by atoms with Crippen molar-refractivity contribution in [3.05, 3.63) is 59.0 Å². The van der Waals surface area contributed by atoms with Crippen LogP contribution in [0.5, 0.6) is 5.75 Å². The molecule has 0 aliphatic carbocycles. The lowest BCUT2D eigenvalue weighted by molar-refractivity contribution is 0.111. The third kappa shape index (κ3) is 2.30. The highest BCUT2D eigenvalue weighted by Crippen LogP contribution is 2.24. The van der Waals surface area contributed by atoms with Gasteiger partial charge < -0.3 is 10.5 Å². The number of aldehydes is 1. The molecular weight excluding hydrogens is 278 g/mol. The predicted octanol–water partition coefficient (Wildman–Crippen LogP) is 2.92. The maximum Gasteiger partial charge on any atom is 0.180 e. The van der Waals surface area contributed by atoms with Crippen LogP contribution in [0.25, 0.3) is 5.65 Å². The minimum absolute atomic E-state index is 0.362. The molecule has 0 saturated carbocycles. The second-order valence-corrected chi connectivity index (χ2v) is 5.20. The van der Waals surface area contributed by atoms with Crippen LogP contribution in [-0.4, -0.2) is 15.7 Å². The molecule has 0 atom stereocenters. The van der Waals surface area contributed by atoms with Gasteiger partial charge in [0, 0.05) is 17.4 Å². The summed E-state index contributed by atoms with van der Waals surface area (Å²) >= 11 is 0. The number of rotatable bonds is 4. The normalized spacial score (nSPS) is 10.8. The standard InChI is InChI=1S/C17H17N3O2/c1-11-5-3-6-14(18)13(11)10-22-16-7-4-8-20-15(9-21)12(2)19-17(16)20/h3-9H,10,18H2,1-2H3. The van der Waals surface area contributed by atoms with Crippen LogP contribution in [0, 0.1) is 13.8 Å². The quantitative estimate of drug-likeness (QED) is 0.593. The fourth-order valence-electron chi connectivity index (χ4n) is 2.50. The fourth-order valence-corrected chi connectivity index (χ4v) is 2.50. The molecule has 0 radical (unpaired) electrons. The third-order valence-corrected chi connectivity index (χ3v) is 3.77. The molecule has 112 valence electrons. The maximum atomic E-state index is 11.2. The van der Waals surface area contributed by atoms with Gasteiger partial charge in [-0.1, -0.05) is 12.1 Å². The molecule has 0 amide bonds. The minimum atomic E-state index is 0.362. The summed E-state index contributed by atoms with van der Waals surface area (Å²) in [6, 6.07) is 9.45. The van der Waals surface area contributed by atoms with E-state index in [0.717, 1.165) is 17.4 Å². The van der Waals surface area contributed by atoms with E-state index in [1.165, 1.54) is 0 Å². The van der Waals surface area contributed by atoms with Crippen molar-refractivity contribution in [3.8, 4) is 5.75 Å². The highest BCUT2D eigenvalue weighted by molar-refractivity contribution is 5.77. The van der Waals surface area contributed by atoms with Crippen molar-refractivity contribution in [1.29, 1.82) is 0 Å². The third-order valence-electron chi connectivity index (χ3n) is 3.77. The Morgan fingerprint density at radius 2 is 2.09 bits per heavy atom. The van der Waals surface area contributed by atoms with E-state index in [9.17, 15) is 4.79 Å².